The fourth-order valence-electron chi connectivity index (χ4n) is 3.63. The van der Waals surface area contributed by atoms with E-state index in [2.05, 4.69) is 53.3 Å². The van der Waals surface area contributed by atoms with Gasteiger partial charge in [0, 0.05) is 10.9 Å². The summed E-state index contributed by atoms with van der Waals surface area (Å²) in [7, 11) is 0. The second kappa shape index (κ2) is 9.28. The second-order valence-corrected chi connectivity index (χ2v) is 7.86. The summed E-state index contributed by atoms with van der Waals surface area (Å²) in [5, 5.41) is 5.61. The van der Waals surface area contributed by atoms with Gasteiger partial charge in [0.2, 0.25) is 5.91 Å². The number of aromatic nitrogens is 1. The van der Waals surface area contributed by atoms with Crippen molar-refractivity contribution in [1.29, 1.82) is 0 Å². The number of likely N-dealkylation sites (N-methyl/N-ethyl adjacent to an activating group) is 1. The summed E-state index contributed by atoms with van der Waals surface area (Å²) in [6.07, 6.45) is 6.73. The van der Waals surface area contributed by atoms with Crippen LogP contribution in [0.25, 0.3) is 11.3 Å². The van der Waals surface area contributed by atoms with Gasteiger partial charge in [0.1, 0.15) is 0 Å². The Kier molecular flexibility index (Phi) is 6.80. The highest BCUT2D eigenvalue weighted by atomic mass is 32.1. The molecule has 0 spiro atoms. The minimum absolute atomic E-state index is 0.00208. The molecule has 1 saturated carbocycles. The van der Waals surface area contributed by atoms with E-state index in [4.69, 9.17) is 0 Å². The van der Waals surface area contributed by atoms with Crippen LogP contribution in [-0.2, 0) is 4.79 Å². The van der Waals surface area contributed by atoms with Crippen LogP contribution in [0.5, 0.6) is 0 Å². The molecule has 1 aromatic heterocycles. The Balaban J connectivity index is 1.61. The van der Waals surface area contributed by atoms with Crippen LogP contribution < -0.4 is 5.32 Å². The van der Waals surface area contributed by atoms with Gasteiger partial charge in [-0.1, -0.05) is 57.4 Å². The third-order valence-electron chi connectivity index (χ3n) is 5.30. The van der Waals surface area contributed by atoms with Gasteiger partial charge in [0.15, 0.2) is 5.13 Å². The summed E-state index contributed by atoms with van der Waals surface area (Å²) < 4.78 is 0. The third-order valence-corrected chi connectivity index (χ3v) is 6.05. The summed E-state index contributed by atoms with van der Waals surface area (Å²) >= 11 is 1.49. The Labute approximate surface area is 160 Å². The Hall–Kier alpha value is -1.72. The van der Waals surface area contributed by atoms with Gasteiger partial charge in [0.05, 0.1) is 12.2 Å². The number of amides is 1. The highest BCUT2D eigenvalue weighted by Crippen LogP contribution is 2.34. The highest BCUT2D eigenvalue weighted by Gasteiger charge is 2.16. The molecule has 4 nitrogen and oxygen atoms in total. The van der Waals surface area contributed by atoms with Crippen LogP contribution in [0.2, 0.25) is 0 Å². The topological polar surface area (TPSA) is 45.2 Å². The monoisotopic (exact) mass is 371 g/mol. The SMILES string of the molecule is CCN(CC)CC(=O)Nc1nc(-c2ccc(C3CCCCC3)cc2)cs1. The quantitative estimate of drug-likeness (QED) is 0.733. The lowest BCUT2D eigenvalue weighted by Crippen LogP contribution is -2.32. The average Bonchev–Trinajstić information content (AvgIpc) is 3.15. The number of thiazole rings is 1. The lowest BCUT2D eigenvalue weighted by Gasteiger charge is -2.22. The molecule has 0 saturated heterocycles. The van der Waals surface area contributed by atoms with E-state index in [1.165, 1.54) is 49.0 Å². The molecular weight excluding hydrogens is 342 g/mol. The van der Waals surface area contributed by atoms with Crippen LogP contribution in [-0.4, -0.2) is 35.4 Å². The fraction of sp³-hybridized carbons (Fsp3) is 0.524. The summed E-state index contributed by atoms with van der Waals surface area (Å²) in [6, 6.07) is 8.84. The number of hydrogen-bond acceptors (Lipinski definition) is 4. The van der Waals surface area contributed by atoms with Crippen LogP contribution in [0.1, 0.15) is 57.4 Å². The van der Waals surface area contributed by atoms with Crippen LogP contribution in [0, 0.1) is 0 Å². The van der Waals surface area contributed by atoms with Crippen molar-refractivity contribution in [1.82, 2.24) is 9.88 Å². The van der Waals surface area contributed by atoms with Crippen LogP contribution >= 0.6 is 11.3 Å². The number of nitrogens with one attached hydrogen (secondary N) is 1. The molecule has 5 heteroatoms. The number of carbonyl (C=O) groups excluding carboxylic acids is 1. The Morgan fingerprint density at radius 3 is 2.50 bits per heavy atom. The van der Waals surface area contributed by atoms with E-state index in [9.17, 15) is 4.79 Å². The molecule has 0 bridgehead atoms. The van der Waals surface area contributed by atoms with Crippen molar-refractivity contribution in [3.8, 4) is 11.3 Å². The van der Waals surface area contributed by atoms with Crippen molar-refractivity contribution in [2.24, 2.45) is 0 Å². The summed E-state index contributed by atoms with van der Waals surface area (Å²) in [4.78, 5) is 18.8. The summed E-state index contributed by atoms with van der Waals surface area (Å²) in [5.74, 6) is 0.727. The molecule has 1 heterocycles. The molecule has 0 radical (unpaired) electrons. The molecule has 2 aromatic rings. The zero-order chi connectivity index (χ0) is 18.4. The van der Waals surface area contributed by atoms with Crippen molar-refractivity contribution in [3.63, 3.8) is 0 Å². The Morgan fingerprint density at radius 1 is 1.15 bits per heavy atom. The molecule has 1 fully saturated rings. The molecule has 1 N–H and O–H groups in total. The van der Waals surface area contributed by atoms with Crippen molar-refractivity contribution in [3.05, 3.63) is 35.2 Å². The van der Waals surface area contributed by atoms with E-state index in [1.54, 1.807) is 0 Å². The van der Waals surface area contributed by atoms with E-state index < -0.39 is 0 Å². The first-order valence-electron chi connectivity index (χ1n) is 9.77. The molecule has 3 rings (SSSR count). The normalized spacial score (nSPS) is 15.3. The van der Waals surface area contributed by atoms with Crippen LogP contribution in [0.15, 0.2) is 29.6 Å². The molecule has 0 aliphatic heterocycles. The largest absolute Gasteiger partial charge is 0.301 e. The maximum Gasteiger partial charge on any atom is 0.240 e. The van der Waals surface area contributed by atoms with Crippen molar-refractivity contribution in [2.45, 2.75) is 51.9 Å². The average molecular weight is 372 g/mol. The molecule has 1 amide bonds. The minimum atomic E-state index is 0.00208. The Morgan fingerprint density at radius 2 is 1.85 bits per heavy atom. The second-order valence-electron chi connectivity index (χ2n) is 7.00. The Bertz CT molecular complexity index is 700. The predicted octanol–water partition coefficient (Wildman–Crippen LogP) is 5.14. The van der Waals surface area contributed by atoms with Crippen molar-refractivity contribution in [2.75, 3.05) is 25.0 Å². The van der Waals surface area contributed by atoms with Gasteiger partial charge < -0.3 is 5.32 Å². The number of nitrogens with zero attached hydrogens (tertiary/aromatic N) is 2. The molecule has 1 aliphatic rings. The molecule has 140 valence electrons. The highest BCUT2D eigenvalue weighted by molar-refractivity contribution is 7.14. The first kappa shape index (κ1) is 19.1. The van der Waals surface area contributed by atoms with Crippen LogP contribution in [0.3, 0.4) is 0 Å². The van der Waals surface area contributed by atoms with Gasteiger partial charge in [0.25, 0.3) is 0 Å². The molecule has 26 heavy (non-hydrogen) atoms. The van der Waals surface area contributed by atoms with Gasteiger partial charge in [-0.15, -0.1) is 11.3 Å². The molecule has 0 atom stereocenters. The van der Waals surface area contributed by atoms with Crippen molar-refractivity contribution >= 4 is 22.4 Å². The maximum absolute atomic E-state index is 12.1. The number of hydrogen-bond donors (Lipinski definition) is 1. The van der Waals surface area contributed by atoms with Gasteiger partial charge in [-0.05, 0) is 37.4 Å². The number of anilines is 1. The lowest BCUT2D eigenvalue weighted by molar-refractivity contribution is -0.117. The lowest BCUT2D eigenvalue weighted by atomic mass is 9.84. The molecular formula is C21H29N3OS. The predicted molar refractivity (Wildman–Crippen MR) is 110 cm³/mol. The summed E-state index contributed by atoms with van der Waals surface area (Å²) in [6.45, 7) is 6.29. The fourth-order valence-corrected chi connectivity index (χ4v) is 4.37. The maximum atomic E-state index is 12.1. The zero-order valence-corrected chi connectivity index (χ0v) is 16.6. The first-order chi connectivity index (χ1) is 12.7. The third kappa shape index (κ3) is 4.92. The van der Waals surface area contributed by atoms with Gasteiger partial charge in [-0.3, -0.25) is 9.69 Å². The van der Waals surface area contributed by atoms with Gasteiger partial charge in [-0.2, -0.15) is 0 Å². The smallest absolute Gasteiger partial charge is 0.240 e. The molecule has 0 unspecified atom stereocenters. The number of carbonyl (C=O) groups is 1. The van der Waals surface area contributed by atoms with Gasteiger partial charge in [-0.25, -0.2) is 4.98 Å². The minimum Gasteiger partial charge on any atom is -0.301 e. The van der Waals surface area contributed by atoms with Gasteiger partial charge >= 0.3 is 0 Å². The van der Waals surface area contributed by atoms with E-state index in [1.807, 2.05) is 5.38 Å². The number of benzene rings is 1. The van der Waals surface area contributed by atoms with E-state index in [0.29, 0.717) is 11.7 Å². The zero-order valence-electron chi connectivity index (χ0n) is 15.8. The van der Waals surface area contributed by atoms with E-state index in [0.717, 1.165) is 30.3 Å². The first-order valence-corrected chi connectivity index (χ1v) is 10.7. The van der Waals surface area contributed by atoms with E-state index in [-0.39, 0.29) is 5.91 Å². The molecule has 1 aliphatic carbocycles. The van der Waals surface area contributed by atoms with Crippen molar-refractivity contribution < 1.29 is 4.79 Å². The standard InChI is InChI=1S/C21H29N3OS/c1-3-24(4-2)14-20(25)23-21-22-19(15-26-21)18-12-10-17(11-13-18)16-8-6-5-7-9-16/h10-13,15-16H,3-9,14H2,1-2H3,(H,22,23,25). The molecule has 1 aromatic carbocycles. The summed E-state index contributed by atoms with van der Waals surface area (Å²) in [5.41, 5.74) is 3.50. The number of rotatable bonds is 7. The van der Waals surface area contributed by atoms with E-state index >= 15 is 0 Å². The van der Waals surface area contributed by atoms with Crippen LogP contribution in [0.4, 0.5) is 5.13 Å².